The Labute approximate surface area is 282 Å². The fourth-order valence-electron chi connectivity index (χ4n) is 7.60. The molecule has 1 nitrogen and oxygen atoms in total. The lowest BCUT2D eigenvalue weighted by Crippen LogP contribution is -1.95. The second kappa shape index (κ2) is 10.8. The summed E-state index contributed by atoms with van der Waals surface area (Å²) in [7, 11) is 0. The minimum absolute atomic E-state index is 1.16. The predicted molar refractivity (Wildman–Crippen MR) is 207 cm³/mol. The summed E-state index contributed by atoms with van der Waals surface area (Å²) in [4.78, 5) is 0. The number of para-hydroxylation sites is 1. The van der Waals surface area contributed by atoms with Gasteiger partial charge in [-0.15, -0.1) is 11.3 Å². The van der Waals surface area contributed by atoms with Gasteiger partial charge < -0.3 is 4.57 Å². The molecule has 10 aromatic rings. The summed E-state index contributed by atoms with van der Waals surface area (Å²) in [6.07, 6.45) is 0. The van der Waals surface area contributed by atoms with Crippen LogP contribution in [0.2, 0.25) is 0 Å². The zero-order chi connectivity index (χ0) is 31.6. The zero-order valence-electron chi connectivity index (χ0n) is 26.1. The van der Waals surface area contributed by atoms with Gasteiger partial charge in [0.2, 0.25) is 0 Å². The normalized spacial score (nSPS) is 11.8. The van der Waals surface area contributed by atoms with Crippen molar-refractivity contribution in [2.24, 2.45) is 0 Å². The largest absolute Gasteiger partial charge is 0.309 e. The highest BCUT2D eigenvalue weighted by Crippen LogP contribution is 2.48. The van der Waals surface area contributed by atoms with Crippen LogP contribution in [0.3, 0.4) is 0 Å². The second-order valence-corrected chi connectivity index (χ2v) is 13.6. The van der Waals surface area contributed by atoms with Gasteiger partial charge in [-0.2, -0.15) is 0 Å². The van der Waals surface area contributed by atoms with Crippen LogP contribution in [0.25, 0.3) is 91.8 Å². The van der Waals surface area contributed by atoms with E-state index >= 15 is 0 Å². The van der Waals surface area contributed by atoms with E-state index in [0.717, 1.165) is 5.69 Å². The molecular formula is C46H29NS. The van der Waals surface area contributed by atoms with Gasteiger partial charge >= 0.3 is 0 Å². The molecule has 0 amide bonds. The van der Waals surface area contributed by atoms with Crippen LogP contribution in [0.15, 0.2) is 176 Å². The molecule has 0 unspecified atom stereocenters. The average Bonchev–Trinajstić information content (AvgIpc) is 3.72. The molecule has 8 aromatic carbocycles. The fraction of sp³-hybridized carbons (Fsp3) is 0. The quantitative estimate of drug-likeness (QED) is 0.183. The highest BCUT2D eigenvalue weighted by atomic mass is 32.1. The van der Waals surface area contributed by atoms with Gasteiger partial charge in [0.1, 0.15) is 0 Å². The number of thiophene rings is 1. The van der Waals surface area contributed by atoms with Crippen molar-refractivity contribution in [3.63, 3.8) is 0 Å². The van der Waals surface area contributed by atoms with E-state index in [2.05, 4.69) is 180 Å². The Balaban J connectivity index is 1.28. The van der Waals surface area contributed by atoms with Crippen LogP contribution >= 0.6 is 11.3 Å². The van der Waals surface area contributed by atoms with Crippen molar-refractivity contribution in [1.29, 1.82) is 0 Å². The number of nitrogens with zero attached hydrogens (tertiary/aromatic N) is 1. The van der Waals surface area contributed by atoms with E-state index in [1.54, 1.807) is 0 Å². The maximum Gasteiger partial charge on any atom is 0.0640 e. The number of hydrogen-bond acceptors (Lipinski definition) is 1. The number of rotatable bonds is 4. The number of hydrogen-bond donors (Lipinski definition) is 0. The minimum atomic E-state index is 1.16. The van der Waals surface area contributed by atoms with Crippen LogP contribution < -0.4 is 0 Å². The Bertz CT molecular complexity index is 2760. The molecular weight excluding hydrogens is 599 g/mol. The Morgan fingerprint density at radius 1 is 0.354 bits per heavy atom. The molecule has 224 valence electrons. The van der Waals surface area contributed by atoms with E-state index in [9.17, 15) is 0 Å². The van der Waals surface area contributed by atoms with Crippen LogP contribution in [0.4, 0.5) is 0 Å². The SMILES string of the molecule is c1ccc(-c2cc(-c3ccccc3)cc(-c3cccc(-n4c5ccccc5c5c6ccccc6c6sc7ccccc7c6c54)c3)c2)cc1. The lowest BCUT2D eigenvalue weighted by atomic mass is 9.93. The molecule has 10 rings (SSSR count). The molecule has 2 aromatic heterocycles. The topological polar surface area (TPSA) is 4.93 Å². The summed E-state index contributed by atoms with van der Waals surface area (Å²) >= 11 is 1.91. The first-order chi connectivity index (χ1) is 23.8. The molecule has 0 spiro atoms. The van der Waals surface area contributed by atoms with Gasteiger partial charge in [0.05, 0.1) is 11.0 Å². The molecule has 48 heavy (non-hydrogen) atoms. The molecule has 0 saturated heterocycles. The van der Waals surface area contributed by atoms with Crippen molar-refractivity contribution in [2.75, 3.05) is 0 Å². The van der Waals surface area contributed by atoms with Crippen LogP contribution in [0, 0.1) is 0 Å². The standard InChI is InChI=1S/C46H29NS/c1-3-14-30(15-4-1)33-26-34(31-16-5-2-6-17-31)28-35(27-33)32-18-13-19-36(29-32)47-41-24-11-9-22-39(41)43-37-20-7-8-21-38(37)46-44(45(43)47)40-23-10-12-25-42(40)48-46/h1-29H. The number of aromatic nitrogens is 1. The molecule has 0 bridgehead atoms. The molecule has 2 heteroatoms. The van der Waals surface area contributed by atoms with E-state index in [1.807, 2.05) is 11.3 Å². The van der Waals surface area contributed by atoms with Gasteiger partial charge in [-0.3, -0.25) is 0 Å². The van der Waals surface area contributed by atoms with Crippen molar-refractivity contribution in [3.8, 4) is 39.1 Å². The fourth-order valence-corrected chi connectivity index (χ4v) is 8.84. The lowest BCUT2D eigenvalue weighted by molar-refractivity contribution is 1.19. The molecule has 0 aliphatic carbocycles. The first-order valence-electron chi connectivity index (χ1n) is 16.4. The third-order valence-corrected chi connectivity index (χ3v) is 10.9. The lowest BCUT2D eigenvalue weighted by Gasteiger charge is -2.14. The highest BCUT2D eigenvalue weighted by Gasteiger charge is 2.22. The molecule has 2 heterocycles. The second-order valence-electron chi connectivity index (χ2n) is 12.5. The Kier molecular flexibility index (Phi) is 6.12. The minimum Gasteiger partial charge on any atom is -0.309 e. The van der Waals surface area contributed by atoms with E-state index in [1.165, 1.54) is 86.1 Å². The Morgan fingerprint density at radius 2 is 0.896 bits per heavy atom. The molecule has 0 saturated carbocycles. The van der Waals surface area contributed by atoms with E-state index in [0.29, 0.717) is 0 Å². The first kappa shape index (κ1) is 27.2. The van der Waals surface area contributed by atoms with Gasteiger partial charge in [-0.1, -0.05) is 133 Å². The van der Waals surface area contributed by atoms with Crippen molar-refractivity contribution in [3.05, 3.63) is 176 Å². The maximum absolute atomic E-state index is 2.52. The molecule has 0 fully saturated rings. The smallest absolute Gasteiger partial charge is 0.0640 e. The third-order valence-electron chi connectivity index (χ3n) is 9.73. The van der Waals surface area contributed by atoms with Crippen LogP contribution in [-0.2, 0) is 0 Å². The predicted octanol–water partition coefficient (Wildman–Crippen LogP) is 13.3. The molecule has 0 radical (unpaired) electrons. The van der Waals surface area contributed by atoms with Gasteiger partial charge in [0.15, 0.2) is 0 Å². The van der Waals surface area contributed by atoms with Crippen molar-refractivity contribution in [2.45, 2.75) is 0 Å². The summed E-state index contributed by atoms with van der Waals surface area (Å²) < 4.78 is 5.19. The molecule has 0 aliphatic heterocycles. The first-order valence-corrected chi connectivity index (χ1v) is 17.3. The van der Waals surface area contributed by atoms with Crippen LogP contribution in [0.5, 0.6) is 0 Å². The number of fused-ring (bicyclic) bond motifs is 10. The van der Waals surface area contributed by atoms with Gasteiger partial charge in [0, 0.05) is 42.0 Å². The van der Waals surface area contributed by atoms with Crippen molar-refractivity contribution in [1.82, 2.24) is 4.57 Å². The summed E-state index contributed by atoms with van der Waals surface area (Å²) in [6, 6.07) is 64.3. The van der Waals surface area contributed by atoms with Gasteiger partial charge in [-0.25, -0.2) is 0 Å². The van der Waals surface area contributed by atoms with Gasteiger partial charge in [0.25, 0.3) is 0 Å². The zero-order valence-corrected chi connectivity index (χ0v) is 26.9. The van der Waals surface area contributed by atoms with Crippen LogP contribution in [0.1, 0.15) is 0 Å². The third kappa shape index (κ3) is 4.17. The maximum atomic E-state index is 2.52. The average molecular weight is 628 g/mol. The molecule has 0 N–H and O–H groups in total. The van der Waals surface area contributed by atoms with E-state index < -0.39 is 0 Å². The van der Waals surface area contributed by atoms with Crippen LogP contribution in [-0.4, -0.2) is 4.57 Å². The van der Waals surface area contributed by atoms with Crippen molar-refractivity contribution >= 4 is 64.1 Å². The Morgan fingerprint density at radius 3 is 1.60 bits per heavy atom. The number of benzene rings is 8. The molecule has 0 atom stereocenters. The van der Waals surface area contributed by atoms with Crippen molar-refractivity contribution < 1.29 is 0 Å². The van der Waals surface area contributed by atoms with E-state index in [-0.39, 0.29) is 0 Å². The molecule has 0 aliphatic rings. The summed E-state index contributed by atoms with van der Waals surface area (Å²) in [5, 5.41) is 7.88. The monoisotopic (exact) mass is 627 g/mol. The summed E-state index contributed by atoms with van der Waals surface area (Å²) in [5.41, 5.74) is 10.9. The summed E-state index contributed by atoms with van der Waals surface area (Å²) in [6.45, 7) is 0. The highest BCUT2D eigenvalue weighted by molar-refractivity contribution is 7.27. The van der Waals surface area contributed by atoms with Gasteiger partial charge in [-0.05, 0) is 81.2 Å². The Hall–Kier alpha value is -5.96. The summed E-state index contributed by atoms with van der Waals surface area (Å²) in [5.74, 6) is 0. The van der Waals surface area contributed by atoms with E-state index in [4.69, 9.17) is 0 Å².